The molecule has 0 atom stereocenters. The van der Waals surface area contributed by atoms with E-state index in [1.807, 2.05) is 18.2 Å². The van der Waals surface area contributed by atoms with Gasteiger partial charge in [-0.1, -0.05) is 19.3 Å². The van der Waals surface area contributed by atoms with Crippen LogP contribution in [0.5, 0.6) is 0 Å². The molecule has 0 spiro atoms. The maximum atomic E-state index is 12.0. The Bertz CT molecular complexity index is 384. The second kappa shape index (κ2) is 5.15. The smallest absolute Gasteiger partial charge is 0.163 e. The van der Waals surface area contributed by atoms with Gasteiger partial charge in [0.05, 0.1) is 0 Å². The Labute approximate surface area is 96.8 Å². The van der Waals surface area contributed by atoms with Crippen molar-refractivity contribution in [3.63, 3.8) is 0 Å². The number of hydrogen-bond acceptors (Lipinski definition) is 2. The van der Waals surface area contributed by atoms with Crippen molar-refractivity contribution < 1.29 is 4.79 Å². The lowest BCUT2D eigenvalue weighted by atomic mass is 9.93. The molecule has 0 unspecified atom stereocenters. The van der Waals surface area contributed by atoms with Gasteiger partial charge in [0.2, 0.25) is 0 Å². The van der Waals surface area contributed by atoms with Crippen LogP contribution in [-0.4, -0.2) is 5.78 Å². The van der Waals surface area contributed by atoms with Crippen LogP contribution in [0.15, 0.2) is 18.2 Å². The van der Waals surface area contributed by atoms with Gasteiger partial charge in [-0.25, -0.2) is 0 Å². The first-order valence-electron chi connectivity index (χ1n) is 6.19. The van der Waals surface area contributed by atoms with Crippen molar-refractivity contribution in [2.45, 2.75) is 44.9 Å². The summed E-state index contributed by atoms with van der Waals surface area (Å²) in [7, 11) is 0. The molecule has 0 aliphatic heterocycles. The molecule has 2 N–H and O–H groups in total. The number of ketones is 1. The van der Waals surface area contributed by atoms with Crippen LogP contribution in [0, 0.1) is 0 Å². The standard InChI is InChI=1S/C14H19NO/c15-12-8-9-13-11(10-12)6-4-2-1-3-5-7-14(13)16/h8-10H,1-7,15H2. The molecular weight excluding hydrogens is 198 g/mol. The van der Waals surface area contributed by atoms with Gasteiger partial charge in [0.25, 0.3) is 0 Å². The molecule has 1 aromatic carbocycles. The maximum absolute atomic E-state index is 12.0. The van der Waals surface area contributed by atoms with Gasteiger partial charge in [0.1, 0.15) is 0 Å². The first-order valence-corrected chi connectivity index (χ1v) is 6.19. The quantitative estimate of drug-likeness (QED) is 0.677. The summed E-state index contributed by atoms with van der Waals surface area (Å²) in [6.07, 6.45) is 7.60. The highest BCUT2D eigenvalue weighted by Gasteiger charge is 2.12. The summed E-state index contributed by atoms with van der Waals surface area (Å²) in [6, 6.07) is 5.70. The van der Waals surface area contributed by atoms with E-state index in [4.69, 9.17) is 5.73 Å². The van der Waals surface area contributed by atoms with Crippen LogP contribution in [0.25, 0.3) is 0 Å². The Morgan fingerprint density at radius 2 is 1.62 bits per heavy atom. The third-order valence-electron chi connectivity index (χ3n) is 3.28. The van der Waals surface area contributed by atoms with E-state index in [0.29, 0.717) is 6.42 Å². The van der Waals surface area contributed by atoms with E-state index >= 15 is 0 Å². The molecule has 1 aliphatic carbocycles. The molecule has 1 aliphatic rings. The van der Waals surface area contributed by atoms with E-state index < -0.39 is 0 Å². The third kappa shape index (κ3) is 2.63. The minimum atomic E-state index is 0.289. The van der Waals surface area contributed by atoms with E-state index in [9.17, 15) is 4.79 Å². The number of carbonyl (C=O) groups excluding carboxylic acids is 1. The molecule has 0 saturated heterocycles. The summed E-state index contributed by atoms with van der Waals surface area (Å²) >= 11 is 0. The fraction of sp³-hybridized carbons (Fsp3) is 0.500. The Balaban J connectivity index is 2.28. The molecule has 1 aromatic rings. The van der Waals surface area contributed by atoms with E-state index in [1.54, 1.807) is 0 Å². The summed E-state index contributed by atoms with van der Waals surface area (Å²) < 4.78 is 0. The van der Waals surface area contributed by atoms with Crippen molar-refractivity contribution >= 4 is 11.5 Å². The lowest BCUT2D eigenvalue weighted by Gasteiger charge is -2.12. The number of aryl methyl sites for hydroxylation is 1. The zero-order valence-corrected chi connectivity index (χ0v) is 9.67. The Kier molecular flexibility index (Phi) is 3.60. The van der Waals surface area contributed by atoms with E-state index in [0.717, 1.165) is 29.7 Å². The summed E-state index contributed by atoms with van der Waals surface area (Å²) in [5.41, 5.74) is 8.59. The topological polar surface area (TPSA) is 43.1 Å². The van der Waals surface area contributed by atoms with Crippen molar-refractivity contribution in [1.82, 2.24) is 0 Å². The predicted molar refractivity (Wildman–Crippen MR) is 66.6 cm³/mol. The van der Waals surface area contributed by atoms with Crippen LogP contribution >= 0.6 is 0 Å². The first-order chi connectivity index (χ1) is 7.77. The molecule has 0 amide bonds. The molecule has 2 rings (SSSR count). The van der Waals surface area contributed by atoms with Gasteiger partial charge in [-0.05, 0) is 43.0 Å². The zero-order valence-electron chi connectivity index (χ0n) is 9.67. The van der Waals surface area contributed by atoms with Gasteiger partial charge < -0.3 is 5.73 Å². The fourth-order valence-electron chi connectivity index (χ4n) is 2.36. The highest BCUT2D eigenvalue weighted by atomic mass is 16.1. The average Bonchev–Trinajstić information content (AvgIpc) is 2.27. The lowest BCUT2D eigenvalue weighted by Crippen LogP contribution is -2.06. The van der Waals surface area contributed by atoms with Gasteiger partial charge in [0, 0.05) is 17.7 Å². The van der Waals surface area contributed by atoms with Crippen molar-refractivity contribution in [2.24, 2.45) is 0 Å². The Morgan fingerprint density at radius 1 is 0.938 bits per heavy atom. The van der Waals surface area contributed by atoms with Crippen molar-refractivity contribution in [1.29, 1.82) is 0 Å². The summed E-state index contributed by atoms with van der Waals surface area (Å²) in [6.45, 7) is 0. The first kappa shape index (κ1) is 11.2. The van der Waals surface area contributed by atoms with Crippen molar-refractivity contribution in [3.8, 4) is 0 Å². The minimum absolute atomic E-state index is 0.289. The van der Waals surface area contributed by atoms with Crippen LogP contribution < -0.4 is 5.73 Å². The number of nitrogens with two attached hydrogens (primary N) is 1. The molecule has 0 radical (unpaired) electrons. The average molecular weight is 217 g/mol. The molecule has 2 nitrogen and oxygen atoms in total. The van der Waals surface area contributed by atoms with Gasteiger partial charge in [-0.15, -0.1) is 0 Å². The van der Waals surface area contributed by atoms with Gasteiger partial charge in [-0.2, -0.15) is 0 Å². The van der Waals surface area contributed by atoms with Gasteiger partial charge in [0.15, 0.2) is 5.78 Å². The maximum Gasteiger partial charge on any atom is 0.163 e. The number of nitrogen functional groups attached to an aromatic ring is 1. The zero-order chi connectivity index (χ0) is 11.4. The third-order valence-corrected chi connectivity index (χ3v) is 3.28. The molecule has 86 valence electrons. The molecule has 0 aromatic heterocycles. The molecule has 16 heavy (non-hydrogen) atoms. The van der Waals surface area contributed by atoms with Gasteiger partial charge >= 0.3 is 0 Å². The number of fused-ring (bicyclic) bond motifs is 1. The van der Waals surface area contributed by atoms with Crippen molar-refractivity contribution in [2.75, 3.05) is 5.73 Å². The molecule has 0 fully saturated rings. The molecule has 0 heterocycles. The molecule has 0 bridgehead atoms. The Morgan fingerprint density at radius 3 is 2.44 bits per heavy atom. The van der Waals surface area contributed by atoms with Crippen LogP contribution in [0.4, 0.5) is 5.69 Å². The predicted octanol–water partition coefficient (Wildman–Crippen LogP) is 3.35. The second-order valence-corrected chi connectivity index (χ2v) is 4.61. The van der Waals surface area contributed by atoms with Crippen LogP contribution in [0.2, 0.25) is 0 Å². The van der Waals surface area contributed by atoms with Crippen LogP contribution in [0.3, 0.4) is 0 Å². The largest absolute Gasteiger partial charge is 0.399 e. The summed E-state index contributed by atoms with van der Waals surface area (Å²) in [5, 5.41) is 0. The SMILES string of the molecule is Nc1ccc2c(c1)CCCCCCCC2=O. The monoisotopic (exact) mass is 217 g/mol. The lowest BCUT2D eigenvalue weighted by molar-refractivity contribution is 0.0977. The molecule has 0 saturated carbocycles. The Hall–Kier alpha value is -1.31. The normalized spacial score (nSPS) is 17.9. The summed E-state index contributed by atoms with van der Waals surface area (Å²) in [4.78, 5) is 12.0. The highest BCUT2D eigenvalue weighted by molar-refractivity contribution is 5.97. The van der Waals surface area contributed by atoms with Gasteiger partial charge in [-0.3, -0.25) is 4.79 Å². The number of carbonyl (C=O) groups is 1. The number of benzene rings is 1. The van der Waals surface area contributed by atoms with E-state index in [2.05, 4.69) is 0 Å². The summed E-state index contributed by atoms with van der Waals surface area (Å²) in [5.74, 6) is 0.289. The highest BCUT2D eigenvalue weighted by Crippen LogP contribution is 2.21. The number of Topliss-reactive ketones (excluding diaryl/α,β-unsaturated/α-hetero) is 1. The second-order valence-electron chi connectivity index (χ2n) is 4.61. The number of rotatable bonds is 0. The fourth-order valence-corrected chi connectivity index (χ4v) is 2.36. The van der Waals surface area contributed by atoms with E-state index in [-0.39, 0.29) is 5.78 Å². The molecule has 2 heteroatoms. The minimum Gasteiger partial charge on any atom is -0.399 e. The number of hydrogen-bond donors (Lipinski definition) is 1. The van der Waals surface area contributed by atoms with E-state index in [1.165, 1.54) is 25.7 Å². The molecular formula is C14H19NO. The van der Waals surface area contributed by atoms with Crippen LogP contribution in [-0.2, 0) is 6.42 Å². The van der Waals surface area contributed by atoms with Crippen molar-refractivity contribution in [3.05, 3.63) is 29.3 Å². The number of anilines is 1. The van der Waals surface area contributed by atoms with Crippen LogP contribution in [0.1, 0.15) is 54.4 Å².